The quantitative estimate of drug-likeness (QED) is 0.813. The van der Waals surface area contributed by atoms with Crippen molar-refractivity contribution in [3.8, 4) is 5.75 Å². The molecule has 0 radical (unpaired) electrons. The van der Waals surface area contributed by atoms with E-state index >= 15 is 0 Å². The van der Waals surface area contributed by atoms with Gasteiger partial charge in [0.25, 0.3) is 0 Å². The Bertz CT molecular complexity index is 775. The number of likely N-dealkylation sites (N-methyl/N-ethyl adjacent to an activating group) is 1. The SMILES string of the molecule is CN1C(=O)C(c2ccc(O)cc2)(C2CCCCCC2)c2ccccc21. The van der Waals surface area contributed by atoms with E-state index < -0.39 is 5.41 Å². The minimum Gasteiger partial charge on any atom is -0.508 e. The van der Waals surface area contributed by atoms with Crippen molar-refractivity contribution < 1.29 is 9.90 Å². The number of amides is 1. The number of hydrogen-bond acceptors (Lipinski definition) is 2. The Morgan fingerprint density at radius 3 is 2.28 bits per heavy atom. The number of carbonyl (C=O) groups is 1. The van der Waals surface area contributed by atoms with E-state index in [1.807, 2.05) is 42.3 Å². The molecule has 1 saturated carbocycles. The highest BCUT2D eigenvalue weighted by molar-refractivity contribution is 6.10. The lowest BCUT2D eigenvalue weighted by Crippen LogP contribution is -2.45. The number of hydrogen-bond donors (Lipinski definition) is 1. The summed E-state index contributed by atoms with van der Waals surface area (Å²) in [4.78, 5) is 15.5. The average molecular weight is 335 g/mol. The van der Waals surface area contributed by atoms with Crippen molar-refractivity contribution in [1.29, 1.82) is 0 Å². The second-order valence-electron chi connectivity index (χ2n) is 7.42. The molecule has 0 bridgehead atoms. The zero-order valence-electron chi connectivity index (χ0n) is 14.7. The standard InChI is InChI=1S/C22H25NO2/c1-23-20-11-7-6-10-19(20)22(21(23)25,16-8-4-2-3-5-9-16)17-12-14-18(24)15-13-17/h6-7,10-16,24H,2-5,8-9H2,1H3. The van der Waals surface area contributed by atoms with Crippen molar-refractivity contribution in [2.24, 2.45) is 5.92 Å². The van der Waals surface area contributed by atoms with Crippen LogP contribution in [-0.2, 0) is 10.2 Å². The summed E-state index contributed by atoms with van der Waals surface area (Å²) < 4.78 is 0. The van der Waals surface area contributed by atoms with Gasteiger partial charge >= 0.3 is 0 Å². The monoisotopic (exact) mass is 335 g/mol. The van der Waals surface area contributed by atoms with Crippen molar-refractivity contribution in [2.75, 3.05) is 11.9 Å². The Labute approximate surface area is 149 Å². The average Bonchev–Trinajstić information content (AvgIpc) is 2.83. The van der Waals surface area contributed by atoms with Crippen LogP contribution in [0.4, 0.5) is 5.69 Å². The van der Waals surface area contributed by atoms with Gasteiger partial charge < -0.3 is 10.0 Å². The first kappa shape index (κ1) is 16.2. The van der Waals surface area contributed by atoms with Crippen LogP contribution < -0.4 is 4.90 Å². The molecule has 4 rings (SSSR count). The van der Waals surface area contributed by atoms with Gasteiger partial charge in [-0.3, -0.25) is 4.79 Å². The van der Waals surface area contributed by atoms with Gasteiger partial charge in [-0.05, 0) is 48.1 Å². The number of carbonyl (C=O) groups excluding carboxylic acids is 1. The molecule has 1 heterocycles. The number of benzene rings is 2. The molecule has 0 saturated heterocycles. The highest BCUT2D eigenvalue weighted by atomic mass is 16.3. The van der Waals surface area contributed by atoms with Gasteiger partial charge in [0.1, 0.15) is 11.2 Å². The third-order valence-electron chi connectivity index (χ3n) is 6.12. The molecule has 1 aliphatic heterocycles. The van der Waals surface area contributed by atoms with Gasteiger partial charge in [0, 0.05) is 12.7 Å². The molecule has 1 fully saturated rings. The summed E-state index contributed by atoms with van der Waals surface area (Å²) in [5.74, 6) is 0.719. The fourth-order valence-electron chi connectivity index (χ4n) is 4.93. The largest absolute Gasteiger partial charge is 0.508 e. The third kappa shape index (κ3) is 2.37. The van der Waals surface area contributed by atoms with Crippen LogP contribution in [0.5, 0.6) is 5.75 Å². The molecule has 1 aliphatic carbocycles. The first-order valence-corrected chi connectivity index (χ1v) is 9.33. The molecule has 2 aliphatic rings. The normalized spacial score (nSPS) is 24.2. The molecule has 1 amide bonds. The lowest BCUT2D eigenvalue weighted by Gasteiger charge is -2.37. The summed E-state index contributed by atoms with van der Waals surface area (Å²) in [7, 11) is 1.89. The van der Waals surface area contributed by atoms with Gasteiger partial charge in [-0.25, -0.2) is 0 Å². The van der Waals surface area contributed by atoms with Crippen LogP contribution in [-0.4, -0.2) is 18.1 Å². The van der Waals surface area contributed by atoms with Crippen LogP contribution in [0.3, 0.4) is 0 Å². The number of phenolic OH excluding ortho intramolecular Hbond substituents is 1. The Hall–Kier alpha value is -2.29. The lowest BCUT2D eigenvalue weighted by atomic mass is 9.64. The van der Waals surface area contributed by atoms with Crippen molar-refractivity contribution in [3.05, 3.63) is 59.7 Å². The van der Waals surface area contributed by atoms with E-state index in [9.17, 15) is 9.90 Å². The number of aromatic hydroxyl groups is 1. The van der Waals surface area contributed by atoms with E-state index in [1.54, 1.807) is 12.1 Å². The van der Waals surface area contributed by atoms with Gasteiger partial charge in [-0.2, -0.15) is 0 Å². The van der Waals surface area contributed by atoms with Gasteiger partial charge in [0.2, 0.25) is 5.91 Å². The highest BCUT2D eigenvalue weighted by Gasteiger charge is 2.55. The maximum absolute atomic E-state index is 13.6. The molecule has 1 N–H and O–H groups in total. The fraction of sp³-hybridized carbons (Fsp3) is 0.409. The summed E-state index contributed by atoms with van der Waals surface area (Å²) in [6, 6.07) is 15.5. The fourth-order valence-corrected chi connectivity index (χ4v) is 4.93. The van der Waals surface area contributed by atoms with Crippen molar-refractivity contribution in [2.45, 2.75) is 43.9 Å². The van der Waals surface area contributed by atoms with Crippen molar-refractivity contribution in [3.63, 3.8) is 0 Å². The Morgan fingerprint density at radius 2 is 1.60 bits per heavy atom. The Morgan fingerprint density at radius 1 is 0.960 bits per heavy atom. The number of anilines is 1. The topological polar surface area (TPSA) is 40.5 Å². The molecule has 1 unspecified atom stereocenters. The molecule has 2 aromatic rings. The number of rotatable bonds is 2. The number of fused-ring (bicyclic) bond motifs is 1. The maximum Gasteiger partial charge on any atom is 0.242 e. The number of nitrogens with zero attached hydrogens (tertiary/aromatic N) is 1. The molecular formula is C22H25NO2. The predicted molar refractivity (Wildman–Crippen MR) is 99.9 cm³/mol. The maximum atomic E-state index is 13.6. The van der Waals surface area contributed by atoms with Gasteiger partial charge in [-0.15, -0.1) is 0 Å². The lowest BCUT2D eigenvalue weighted by molar-refractivity contribution is -0.123. The van der Waals surface area contributed by atoms with E-state index in [2.05, 4.69) is 6.07 Å². The van der Waals surface area contributed by atoms with Crippen molar-refractivity contribution in [1.82, 2.24) is 0 Å². The minimum atomic E-state index is -0.622. The molecular weight excluding hydrogens is 310 g/mol. The smallest absolute Gasteiger partial charge is 0.242 e. The minimum absolute atomic E-state index is 0.172. The number of phenols is 1. The van der Waals surface area contributed by atoms with Gasteiger partial charge in [-0.1, -0.05) is 56.0 Å². The molecule has 2 aromatic carbocycles. The second-order valence-corrected chi connectivity index (χ2v) is 7.42. The van der Waals surface area contributed by atoms with Gasteiger partial charge in [0.15, 0.2) is 0 Å². The van der Waals surface area contributed by atoms with Crippen LogP contribution in [0.15, 0.2) is 48.5 Å². The zero-order chi connectivity index (χ0) is 17.4. The van der Waals surface area contributed by atoms with Gasteiger partial charge in [0.05, 0.1) is 0 Å². The summed E-state index contributed by atoms with van der Waals surface area (Å²) in [5, 5.41) is 9.76. The molecule has 3 heteroatoms. The zero-order valence-corrected chi connectivity index (χ0v) is 14.7. The molecule has 0 aromatic heterocycles. The van der Waals surface area contributed by atoms with E-state index in [0.717, 1.165) is 29.7 Å². The van der Waals surface area contributed by atoms with Crippen LogP contribution in [0.1, 0.15) is 49.7 Å². The first-order chi connectivity index (χ1) is 12.2. The molecule has 1 atom stereocenters. The molecule has 130 valence electrons. The molecule has 3 nitrogen and oxygen atoms in total. The predicted octanol–water partition coefficient (Wildman–Crippen LogP) is 4.63. The van der Waals surface area contributed by atoms with E-state index in [1.165, 1.54) is 25.7 Å². The van der Waals surface area contributed by atoms with E-state index in [4.69, 9.17) is 0 Å². The summed E-state index contributed by atoms with van der Waals surface area (Å²) >= 11 is 0. The Balaban J connectivity index is 1.96. The summed E-state index contributed by atoms with van der Waals surface area (Å²) in [5.41, 5.74) is 2.53. The van der Waals surface area contributed by atoms with Crippen LogP contribution in [0.2, 0.25) is 0 Å². The first-order valence-electron chi connectivity index (χ1n) is 9.33. The molecule has 0 spiro atoms. The summed E-state index contributed by atoms with van der Waals surface area (Å²) in [6.07, 6.45) is 7.04. The van der Waals surface area contributed by atoms with Crippen LogP contribution in [0, 0.1) is 5.92 Å². The summed E-state index contributed by atoms with van der Waals surface area (Å²) in [6.45, 7) is 0. The van der Waals surface area contributed by atoms with Crippen molar-refractivity contribution >= 4 is 11.6 Å². The van der Waals surface area contributed by atoms with E-state index in [0.29, 0.717) is 5.92 Å². The molecule has 25 heavy (non-hydrogen) atoms. The second kappa shape index (κ2) is 6.21. The highest BCUT2D eigenvalue weighted by Crippen LogP contribution is 2.53. The Kier molecular flexibility index (Phi) is 4.03. The number of para-hydroxylation sites is 1. The van der Waals surface area contributed by atoms with Crippen LogP contribution in [0.25, 0.3) is 0 Å². The van der Waals surface area contributed by atoms with Crippen LogP contribution >= 0.6 is 0 Å². The third-order valence-corrected chi connectivity index (χ3v) is 6.12. The van der Waals surface area contributed by atoms with E-state index in [-0.39, 0.29) is 11.7 Å².